The summed E-state index contributed by atoms with van der Waals surface area (Å²) in [6.07, 6.45) is 3.87. The molecule has 3 aromatic rings. The van der Waals surface area contributed by atoms with E-state index in [1.54, 1.807) is 40.6 Å². The predicted molar refractivity (Wildman–Crippen MR) is 137 cm³/mol. The summed E-state index contributed by atoms with van der Waals surface area (Å²) in [4.78, 5) is 11.5. The summed E-state index contributed by atoms with van der Waals surface area (Å²) in [7, 11) is 7.68. The van der Waals surface area contributed by atoms with Crippen LogP contribution in [-0.2, 0) is 0 Å². The zero-order chi connectivity index (χ0) is 25.4. The molecule has 0 saturated carbocycles. The van der Waals surface area contributed by atoms with Crippen LogP contribution in [0.3, 0.4) is 0 Å². The Balaban J connectivity index is 1.84. The molecule has 0 amide bonds. The second-order valence-corrected chi connectivity index (χ2v) is 7.93. The minimum absolute atomic E-state index is 0.103. The molecule has 0 unspecified atom stereocenters. The van der Waals surface area contributed by atoms with Gasteiger partial charge in [-0.1, -0.05) is 18.2 Å². The summed E-state index contributed by atoms with van der Waals surface area (Å²) in [5.74, 6) is 2.49. The minimum Gasteiger partial charge on any atom is -0.495 e. The molecule has 0 aromatic heterocycles. The van der Waals surface area contributed by atoms with Crippen molar-refractivity contribution in [3.63, 3.8) is 0 Å². The van der Waals surface area contributed by atoms with Gasteiger partial charge in [-0.15, -0.1) is 0 Å². The molecule has 0 spiro atoms. The summed E-state index contributed by atoms with van der Waals surface area (Å²) in [5.41, 5.74) is 2.38. The standard InChI is InChI=1S/C25H26N2O7S/c1-30-21-10-8-16(6-7-17-13-23(32-3)25(34-5)24(14-17)33-4)12-19(21)26-35-18-9-11-22(31-2)20(15-18)27(28)29/h6-15,26H,1-5H3/b7-6-. The van der Waals surface area contributed by atoms with Crippen molar-refractivity contribution in [2.75, 3.05) is 40.3 Å². The van der Waals surface area contributed by atoms with Gasteiger partial charge in [-0.25, -0.2) is 0 Å². The van der Waals surface area contributed by atoms with E-state index in [0.29, 0.717) is 33.6 Å². The molecule has 0 aliphatic heterocycles. The van der Waals surface area contributed by atoms with Crippen LogP contribution in [0.25, 0.3) is 12.2 Å². The van der Waals surface area contributed by atoms with E-state index in [-0.39, 0.29) is 11.4 Å². The number of rotatable bonds is 11. The Morgan fingerprint density at radius 3 is 1.91 bits per heavy atom. The normalized spacial score (nSPS) is 10.7. The molecule has 35 heavy (non-hydrogen) atoms. The maximum absolute atomic E-state index is 11.3. The van der Waals surface area contributed by atoms with E-state index in [0.717, 1.165) is 11.1 Å². The zero-order valence-electron chi connectivity index (χ0n) is 20.0. The van der Waals surface area contributed by atoms with Gasteiger partial charge in [0, 0.05) is 11.0 Å². The first-order chi connectivity index (χ1) is 16.9. The smallest absolute Gasteiger partial charge is 0.312 e. The Morgan fingerprint density at radius 2 is 1.34 bits per heavy atom. The molecule has 0 saturated heterocycles. The van der Waals surface area contributed by atoms with Crippen molar-refractivity contribution in [2.24, 2.45) is 0 Å². The highest BCUT2D eigenvalue weighted by atomic mass is 32.2. The van der Waals surface area contributed by atoms with Crippen molar-refractivity contribution >= 4 is 35.5 Å². The molecule has 0 aliphatic rings. The molecular formula is C25H26N2O7S. The molecule has 0 bridgehead atoms. The molecule has 1 N–H and O–H groups in total. The van der Waals surface area contributed by atoms with Gasteiger partial charge in [-0.05, 0) is 59.5 Å². The van der Waals surface area contributed by atoms with E-state index < -0.39 is 4.92 Å². The predicted octanol–water partition coefficient (Wildman–Crippen LogP) is 5.93. The summed E-state index contributed by atoms with van der Waals surface area (Å²) in [5, 5.41) is 11.3. The van der Waals surface area contributed by atoms with Gasteiger partial charge >= 0.3 is 5.69 Å². The maximum atomic E-state index is 11.3. The maximum Gasteiger partial charge on any atom is 0.312 e. The van der Waals surface area contributed by atoms with Crippen molar-refractivity contribution < 1.29 is 28.6 Å². The Labute approximate surface area is 207 Å². The number of nitrogens with zero attached hydrogens (tertiary/aromatic N) is 1. The second kappa shape index (κ2) is 11.9. The number of nitrogens with one attached hydrogen (secondary N) is 1. The molecule has 3 rings (SSSR count). The molecule has 10 heteroatoms. The minimum atomic E-state index is -0.474. The lowest BCUT2D eigenvalue weighted by molar-refractivity contribution is -0.386. The fourth-order valence-electron chi connectivity index (χ4n) is 3.29. The first-order valence-electron chi connectivity index (χ1n) is 10.4. The van der Waals surface area contributed by atoms with Gasteiger partial charge in [-0.2, -0.15) is 0 Å². The van der Waals surface area contributed by atoms with Gasteiger partial charge < -0.3 is 28.4 Å². The van der Waals surface area contributed by atoms with E-state index in [2.05, 4.69) is 4.72 Å². The van der Waals surface area contributed by atoms with Crippen LogP contribution in [0.15, 0.2) is 53.4 Å². The molecule has 184 valence electrons. The van der Waals surface area contributed by atoms with Crippen molar-refractivity contribution in [3.8, 4) is 28.7 Å². The third kappa shape index (κ3) is 6.10. The van der Waals surface area contributed by atoms with Gasteiger partial charge in [0.2, 0.25) is 5.75 Å². The molecule has 0 atom stereocenters. The van der Waals surface area contributed by atoms with Crippen molar-refractivity contribution in [3.05, 3.63) is 69.8 Å². The Morgan fingerprint density at radius 1 is 0.743 bits per heavy atom. The number of benzene rings is 3. The monoisotopic (exact) mass is 498 g/mol. The van der Waals surface area contributed by atoms with Crippen LogP contribution in [0.1, 0.15) is 11.1 Å². The average Bonchev–Trinajstić information content (AvgIpc) is 2.89. The largest absolute Gasteiger partial charge is 0.495 e. The first-order valence-corrected chi connectivity index (χ1v) is 11.2. The summed E-state index contributed by atoms with van der Waals surface area (Å²) < 4.78 is 29.9. The van der Waals surface area contributed by atoms with E-state index in [1.807, 2.05) is 42.5 Å². The second-order valence-electron chi connectivity index (χ2n) is 7.05. The lowest BCUT2D eigenvalue weighted by Gasteiger charge is -2.13. The summed E-state index contributed by atoms with van der Waals surface area (Å²) >= 11 is 1.23. The molecule has 3 aromatic carbocycles. The van der Waals surface area contributed by atoms with Crippen LogP contribution >= 0.6 is 11.9 Å². The van der Waals surface area contributed by atoms with Crippen LogP contribution < -0.4 is 28.4 Å². The van der Waals surface area contributed by atoms with Crippen LogP contribution in [0, 0.1) is 10.1 Å². The van der Waals surface area contributed by atoms with Gasteiger partial charge in [0.1, 0.15) is 5.75 Å². The van der Waals surface area contributed by atoms with Gasteiger partial charge in [0.25, 0.3) is 0 Å². The molecule has 0 heterocycles. The van der Waals surface area contributed by atoms with Crippen LogP contribution in [0.2, 0.25) is 0 Å². The summed E-state index contributed by atoms with van der Waals surface area (Å²) in [6, 6.07) is 14.1. The number of nitro benzene ring substituents is 1. The topological polar surface area (TPSA) is 101 Å². The van der Waals surface area contributed by atoms with Gasteiger partial charge in [0.15, 0.2) is 17.2 Å². The number of hydrogen-bond acceptors (Lipinski definition) is 9. The van der Waals surface area contributed by atoms with E-state index >= 15 is 0 Å². The summed E-state index contributed by atoms with van der Waals surface area (Å²) in [6.45, 7) is 0. The van der Waals surface area contributed by atoms with Crippen LogP contribution in [0.4, 0.5) is 11.4 Å². The fraction of sp³-hybridized carbons (Fsp3) is 0.200. The molecule has 0 radical (unpaired) electrons. The number of methoxy groups -OCH3 is 5. The Bertz CT molecular complexity index is 1210. The Hall–Kier alpha value is -4.05. The first kappa shape index (κ1) is 25.6. The lowest BCUT2D eigenvalue weighted by atomic mass is 10.1. The molecule has 9 nitrogen and oxygen atoms in total. The van der Waals surface area contributed by atoms with Crippen LogP contribution in [0.5, 0.6) is 28.7 Å². The quantitative estimate of drug-likeness (QED) is 0.149. The number of hydrogen-bond donors (Lipinski definition) is 1. The van der Waals surface area contributed by atoms with Crippen molar-refractivity contribution in [2.45, 2.75) is 4.90 Å². The van der Waals surface area contributed by atoms with Crippen molar-refractivity contribution in [1.29, 1.82) is 0 Å². The number of ether oxygens (including phenoxy) is 5. The SMILES string of the molecule is COc1ccc(/C=C\c2cc(OC)c(OC)c(OC)c2)cc1NSc1ccc(OC)c([N+](=O)[O-])c1. The molecular weight excluding hydrogens is 472 g/mol. The van der Waals surface area contributed by atoms with Crippen molar-refractivity contribution in [1.82, 2.24) is 0 Å². The van der Waals surface area contributed by atoms with Crippen LogP contribution in [-0.4, -0.2) is 40.5 Å². The van der Waals surface area contributed by atoms with E-state index in [4.69, 9.17) is 23.7 Å². The highest BCUT2D eigenvalue weighted by Crippen LogP contribution is 2.39. The zero-order valence-corrected chi connectivity index (χ0v) is 20.8. The molecule has 0 aliphatic carbocycles. The fourth-order valence-corrected chi connectivity index (χ4v) is 3.98. The number of nitro groups is 1. The van der Waals surface area contributed by atoms with E-state index in [1.165, 1.54) is 25.1 Å². The highest BCUT2D eigenvalue weighted by molar-refractivity contribution is 8.00. The van der Waals surface area contributed by atoms with Gasteiger partial charge in [0.05, 0.1) is 46.2 Å². The van der Waals surface area contributed by atoms with E-state index in [9.17, 15) is 10.1 Å². The molecule has 0 fully saturated rings. The number of anilines is 1. The lowest BCUT2D eigenvalue weighted by Crippen LogP contribution is -1.96. The average molecular weight is 499 g/mol. The third-order valence-corrected chi connectivity index (χ3v) is 5.82. The highest BCUT2D eigenvalue weighted by Gasteiger charge is 2.16. The third-order valence-electron chi connectivity index (χ3n) is 5.00. The van der Waals surface area contributed by atoms with Gasteiger partial charge in [-0.3, -0.25) is 10.1 Å². The Kier molecular flexibility index (Phi) is 8.69.